The summed E-state index contributed by atoms with van der Waals surface area (Å²) in [5.74, 6) is -0.239. The number of carbonyl (C=O) groups is 1. The minimum atomic E-state index is -0.527. The van der Waals surface area contributed by atoms with Gasteiger partial charge in [0.1, 0.15) is 0 Å². The average Bonchev–Trinajstić information content (AvgIpc) is 2.99. The van der Waals surface area contributed by atoms with Gasteiger partial charge >= 0.3 is 0 Å². The van der Waals surface area contributed by atoms with Gasteiger partial charge in [-0.2, -0.15) is 0 Å². The smallest absolute Gasteiger partial charge is 0.273 e. The fraction of sp³-hybridized carbons (Fsp3) is 0.222. The highest BCUT2D eigenvalue weighted by atomic mass is 79.9. The maximum atomic E-state index is 12.6. The maximum Gasteiger partial charge on any atom is 0.273 e. The van der Waals surface area contributed by atoms with E-state index in [2.05, 4.69) is 0 Å². The Balaban J connectivity index is 0.00000280. The summed E-state index contributed by atoms with van der Waals surface area (Å²) in [4.78, 5) is 33.4. The van der Waals surface area contributed by atoms with Crippen LogP contribution in [0.2, 0.25) is 0 Å². The molecule has 2 aromatic carbocycles. The molecule has 0 aliphatic carbocycles. The summed E-state index contributed by atoms with van der Waals surface area (Å²) in [5.41, 5.74) is 1.60. The lowest BCUT2D eigenvalue weighted by molar-refractivity contribution is -0.672. The molecule has 0 spiro atoms. The molecule has 9 nitrogen and oxygen atoms in total. The van der Waals surface area contributed by atoms with Crippen LogP contribution < -0.4 is 21.5 Å². The lowest BCUT2D eigenvalue weighted by atomic mass is 10.1. The van der Waals surface area contributed by atoms with Crippen molar-refractivity contribution in [3.05, 3.63) is 74.6 Å². The van der Waals surface area contributed by atoms with Gasteiger partial charge in [-0.3, -0.25) is 25.0 Å². The largest absolute Gasteiger partial charge is 1.00 e. The Morgan fingerprint density at radius 2 is 1.64 bits per heavy atom. The van der Waals surface area contributed by atoms with Crippen molar-refractivity contribution < 1.29 is 36.2 Å². The van der Waals surface area contributed by atoms with E-state index in [4.69, 9.17) is 0 Å². The minimum Gasteiger partial charge on any atom is -1.00 e. The van der Waals surface area contributed by atoms with Crippen molar-refractivity contribution in [1.82, 2.24) is 4.57 Å². The lowest BCUT2D eigenvalue weighted by Crippen LogP contribution is -3.00. The summed E-state index contributed by atoms with van der Waals surface area (Å²) >= 11 is 0. The fourth-order valence-electron chi connectivity index (χ4n) is 2.95. The molecule has 0 amide bonds. The third kappa shape index (κ3) is 4.22. The van der Waals surface area contributed by atoms with E-state index in [-0.39, 0.29) is 40.7 Å². The highest BCUT2D eigenvalue weighted by Crippen LogP contribution is 2.20. The van der Waals surface area contributed by atoms with E-state index >= 15 is 0 Å². The number of nitro groups is 2. The lowest BCUT2D eigenvalue weighted by Gasteiger charge is -1.99. The summed E-state index contributed by atoms with van der Waals surface area (Å²) in [7, 11) is 0. The Hall–Kier alpha value is -3.14. The second kappa shape index (κ2) is 8.70. The molecule has 3 aromatic rings. The van der Waals surface area contributed by atoms with E-state index in [1.807, 2.05) is 11.5 Å². The molecule has 3 rings (SSSR count). The number of imidazole rings is 1. The van der Waals surface area contributed by atoms with Gasteiger partial charge in [0.05, 0.1) is 22.5 Å². The van der Waals surface area contributed by atoms with Gasteiger partial charge in [0, 0.05) is 23.8 Å². The quantitative estimate of drug-likeness (QED) is 0.219. The standard InChI is InChI=1S/C18H17N4O5.BrH/c1-2-9-19-12-20(17-10-15(22(26)27)7-8-16(17)19)11-18(23)13-3-5-14(6-4-13)21(24)25;/h3-8,10,12H,2,9,11H2,1H3;1H/q+1;/p-1. The van der Waals surface area contributed by atoms with E-state index in [1.54, 1.807) is 17.0 Å². The number of hydrogen-bond acceptors (Lipinski definition) is 5. The zero-order valence-electron chi connectivity index (χ0n) is 14.9. The van der Waals surface area contributed by atoms with Crippen molar-refractivity contribution in [2.75, 3.05) is 0 Å². The Morgan fingerprint density at radius 1 is 1.04 bits per heavy atom. The number of Topliss-reactive ketones (excluding diaryl/α,β-unsaturated/α-hetero) is 1. The number of non-ortho nitro benzene ring substituents is 2. The van der Waals surface area contributed by atoms with Gasteiger partial charge in [-0.1, -0.05) is 6.92 Å². The van der Waals surface area contributed by atoms with Gasteiger partial charge in [0.15, 0.2) is 17.6 Å². The van der Waals surface area contributed by atoms with Crippen LogP contribution in [0, 0.1) is 20.2 Å². The van der Waals surface area contributed by atoms with Gasteiger partial charge in [-0.05, 0) is 24.6 Å². The van der Waals surface area contributed by atoms with Crippen molar-refractivity contribution in [3.63, 3.8) is 0 Å². The van der Waals surface area contributed by atoms with Crippen molar-refractivity contribution >= 4 is 28.2 Å². The third-order valence-electron chi connectivity index (χ3n) is 4.25. The van der Waals surface area contributed by atoms with Gasteiger partial charge in [0.25, 0.3) is 11.4 Å². The molecule has 0 unspecified atom stereocenters. The zero-order chi connectivity index (χ0) is 19.6. The van der Waals surface area contributed by atoms with Crippen LogP contribution in [-0.2, 0) is 13.1 Å². The number of hydrogen-bond donors (Lipinski definition) is 0. The monoisotopic (exact) mass is 448 g/mol. The Morgan fingerprint density at radius 3 is 2.21 bits per heavy atom. The summed E-state index contributed by atoms with van der Waals surface area (Å²) in [6, 6.07) is 9.95. The van der Waals surface area contributed by atoms with Crippen LogP contribution in [0.25, 0.3) is 11.0 Å². The number of aryl methyl sites for hydroxylation is 1. The molecule has 1 heterocycles. The molecular weight excluding hydrogens is 432 g/mol. The molecule has 28 heavy (non-hydrogen) atoms. The molecule has 1 aromatic heterocycles. The van der Waals surface area contributed by atoms with E-state index in [9.17, 15) is 25.0 Å². The molecule has 0 fully saturated rings. The second-order valence-corrected chi connectivity index (χ2v) is 6.09. The number of nitro benzene ring substituents is 2. The molecule has 0 aliphatic heterocycles. The molecule has 0 radical (unpaired) electrons. The number of ketones is 1. The molecule has 0 atom stereocenters. The zero-order valence-corrected chi connectivity index (χ0v) is 16.5. The first-order valence-electron chi connectivity index (χ1n) is 8.35. The molecule has 0 aliphatic rings. The van der Waals surface area contributed by atoms with Crippen LogP contribution in [0.3, 0.4) is 0 Å². The highest BCUT2D eigenvalue weighted by Gasteiger charge is 2.21. The normalized spacial score (nSPS) is 10.5. The summed E-state index contributed by atoms with van der Waals surface area (Å²) in [6.45, 7) is 2.71. The molecule has 0 bridgehead atoms. The van der Waals surface area contributed by atoms with Crippen LogP contribution >= 0.6 is 0 Å². The number of aromatic nitrogens is 2. The SMILES string of the molecule is CCC[n+]1cn(CC(=O)c2ccc([N+](=O)[O-])cc2)c2cc([N+](=O)[O-])ccc21.[Br-]. The van der Waals surface area contributed by atoms with E-state index in [1.165, 1.54) is 36.4 Å². The molecule has 146 valence electrons. The summed E-state index contributed by atoms with van der Waals surface area (Å²) in [6.07, 6.45) is 2.64. The first-order chi connectivity index (χ1) is 12.9. The van der Waals surface area contributed by atoms with Gasteiger partial charge in [-0.15, -0.1) is 0 Å². The first kappa shape index (κ1) is 21.2. The number of fused-ring (bicyclic) bond motifs is 1. The van der Waals surface area contributed by atoms with Crippen molar-refractivity contribution in [1.29, 1.82) is 0 Å². The molecule has 0 saturated heterocycles. The minimum absolute atomic E-state index is 0. The third-order valence-corrected chi connectivity index (χ3v) is 4.25. The van der Waals surface area contributed by atoms with Gasteiger partial charge < -0.3 is 17.0 Å². The second-order valence-electron chi connectivity index (χ2n) is 6.09. The van der Waals surface area contributed by atoms with Crippen LogP contribution in [0.5, 0.6) is 0 Å². The van der Waals surface area contributed by atoms with E-state index in [0.29, 0.717) is 17.6 Å². The Kier molecular flexibility index (Phi) is 6.57. The van der Waals surface area contributed by atoms with Gasteiger partial charge in [0.2, 0.25) is 12.1 Å². The number of carbonyl (C=O) groups excluding carboxylic acids is 1. The van der Waals surface area contributed by atoms with Gasteiger partial charge in [-0.25, -0.2) is 9.13 Å². The molecule has 0 saturated carbocycles. The van der Waals surface area contributed by atoms with Crippen molar-refractivity contribution in [3.8, 4) is 0 Å². The number of rotatable bonds is 7. The predicted molar refractivity (Wildman–Crippen MR) is 96.5 cm³/mol. The number of halogens is 1. The molecular formula is C18H17BrN4O5. The maximum absolute atomic E-state index is 12.6. The van der Waals surface area contributed by atoms with E-state index in [0.717, 1.165) is 11.9 Å². The summed E-state index contributed by atoms with van der Waals surface area (Å²) in [5, 5.41) is 21.8. The molecule has 0 N–H and O–H groups in total. The van der Waals surface area contributed by atoms with E-state index < -0.39 is 9.85 Å². The predicted octanol–water partition coefficient (Wildman–Crippen LogP) is 0.0421. The molecule has 10 heteroatoms. The van der Waals surface area contributed by atoms with Crippen LogP contribution in [0.1, 0.15) is 23.7 Å². The van der Waals surface area contributed by atoms with Crippen molar-refractivity contribution in [2.24, 2.45) is 0 Å². The van der Waals surface area contributed by atoms with Crippen LogP contribution in [0.4, 0.5) is 11.4 Å². The Bertz CT molecular complexity index is 1050. The topological polar surface area (TPSA) is 112 Å². The summed E-state index contributed by atoms with van der Waals surface area (Å²) < 4.78 is 3.61. The highest BCUT2D eigenvalue weighted by molar-refractivity contribution is 5.96. The van der Waals surface area contributed by atoms with Crippen LogP contribution in [0.15, 0.2) is 48.8 Å². The number of nitrogens with zero attached hydrogens (tertiary/aromatic N) is 4. The fourth-order valence-corrected chi connectivity index (χ4v) is 2.95. The van der Waals surface area contributed by atoms with Crippen LogP contribution in [-0.4, -0.2) is 20.2 Å². The first-order valence-corrected chi connectivity index (χ1v) is 8.35. The van der Waals surface area contributed by atoms with Crippen molar-refractivity contribution in [2.45, 2.75) is 26.4 Å². The Labute approximate surface area is 170 Å². The average molecular weight is 449 g/mol. The number of benzene rings is 2.